The zero-order valence-electron chi connectivity index (χ0n) is 4.31. The van der Waals surface area contributed by atoms with Gasteiger partial charge in [0.25, 0.3) is 0 Å². The zero-order valence-corrected chi connectivity index (χ0v) is 5.35. The van der Waals surface area contributed by atoms with Crippen LogP contribution < -0.4 is 0 Å². The van der Waals surface area contributed by atoms with Crippen molar-refractivity contribution in [3.63, 3.8) is 0 Å². The molecule has 0 atom stereocenters. The molecule has 0 saturated carbocycles. The Morgan fingerprint density at radius 3 is 2.29 bits per heavy atom. The molecular weight excluding hydrogens is 139 g/mol. The minimum absolute atomic E-state index is 0. The van der Waals surface area contributed by atoms with Gasteiger partial charge < -0.3 is 9.84 Å². The second kappa shape index (κ2) is 9.66. The van der Waals surface area contributed by atoms with E-state index < -0.39 is 0 Å². The number of methoxy groups -OCH3 is 1. The molecule has 47 valence electrons. The molecule has 2 nitrogen and oxygen atoms in total. The van der Waals surface area contributed by atoms with E-state index in [4.69, 9.17) is 5.11 Å². The van der Waals surface area contributed by atoms with Crippen LogP contribution in [-0.2, 0) is 21.5 Å². The Labute approximate surface area is 54.1 Å². The van der Waals surface area contributed by atoms with Gasteiger partial charge in [-0.1, -0.05) is 0 Å². The fourth-order valence-electron chi connectivity index (χ4n) is 0.209. The fraction of sp³-hybridized carbons (Fsp3) is 1.00. The first-order valence-corrected chi connectivity index (χ1v) is 2.01. The predicted molar refractivity (Wildman–Crippen MR) is 23.6 cm³/mol. The molecule has 7 heavy (non-hydrogen) atoms. The molecule has 0 heterocycles. The Morgan fingerprint density at radius 1 is 1.57 bits per heavy atom. The van der Waals surface area contributed by atoms with Gasteiger partial charge in [-0.2, -0.15) is 0 Å². The smallest absolute Gasteiger partial charge is 0.0484 e. The molecule has 0 rings (SSSR count). The van der Waals surface area contributed by atoms with Crippen molar-refractivity contribution in [1.82, 2.24) is 0 Å². The van der Waals surface area contributed by atoms with E-state index in [9.17, 15) is 0 Å². The van der Waals surface area contributed by atoms with Crippen LogP contribution in [0.25, 0.3) is 0 Å². The molecular formula is C4H10CoO2. The van der Waals surface area contributed by atoms with Crippen LogP contribution in [0.3, 0.4) is 0 Å². The second-order valence-electron chi connectivity index (χ2n) is 1.07. The molecule has 0 aromatic rings. The van der Waals surface area contributed by atoms with Crippen molar-refractivity contribution in [2.24, 2.45) is 0 Å². The summed E-state index contributed by atoms with van der Waals surface area (Å²) in [5.74, 6) is 0. The SMILES string of the molecule is COCCCO.[Co]. The van der Waals surface area contributed by atoms with Crippen molar-refractivity contribution in [3.05, 3.63) is 0 Å². The Balaban J connectivity index is 0. The normalized spacial score (nSPS) is 7.71. The predicted octanol–water partition coefficient (Wildman–Crippen LogP) is 0.0127. The summed E-state index contributed by atoms with van der Waals surface area (Å²) in [4.78, 5) is 0. The van der Waals surface area contributed by atoms with Crippen LogP contribution in [0.5, 0.6) is 0 Å². The molecule has 0 aromatic carbocycles. The van der Waals surface area contributed by atoms with Crippen LogP contribution >= 0.6 is 0 Å². The summed E-state index contributed by atoms with van der Waals surface area (Å²) in [7, 11) is 1.62. The fourth-order valence-corrected chi connectivity index (χ4v) is 0.209. The minimum Gasteiger partial charge on any atom is -0.396 e. The minimum atomic E-state index is 0. The average Bonchev–Trinajstić information content (AvgIpc) is 1.61. The molecule has 0 amide bonds. The summed E-state index contributed by atoms with van der Waals surface area (Å²) in [5, 5.41) is 8.12. The first-order valence-electron chi connectivity index (χ1n) is 2.01. The van der Waals surface area contributed by atoms with E-state index in [0.717, 1.165) is 6.42 Å². The number of ether oxygens (including phenoxy) is 1. The van der Waals surface area contributed by atoms with Crippen molar-refractivity contribution in [2.75, 3.05) is 20.3 Å². The Morgan fingerprint density at radius 2 is 2.14 bits per heavy atom. The molecule has 0 saturated heterocycles. The van der Waals surface area contributed by atoms with Gasteiger partial charge in [0.2, 0.25) is 0 Å². The van der Waals surface area contributed by atoms with Gasteiger partial charge >= 0.3 is 0 Å². The van der Waals surface area contributed by atoms with Crippen molar-refractivity contribution < 1.29 is 26.6 Å². The zero-order chi connectivity index (χ0) is 4.83. The van der Waals surface area contributed by atoms with E-state index in [1.807, 2.05) is 0 Å². The van der Waals surface area contributed by atoms with Crippen LogP contribution in [0.15, 0.2) is 0 Å². The van der Waals surface area contributed by atoms with Gasteiger partial charge in [-0.25, -0.2) is 0 Å². The molecule has 0 bridgehead atoms. The summed E-state index contributed by atoms with van der Waals surface area (Å²) in [6, 6.07) is 0. The molecule has 0 aliphatic rings. The summed E-state index contributed by atoms with van der Waals surface area (Å²) in [6.07, 6.45) is 0.747. The van der Waals surface area contributed by atoms with Crippen LogP contribution in [0.4, 0.5) is 0 Å². The van der Waals surface area contributed by atoms with Crippen LogP contribution in [0.2, 0.25) is 0 Å². The molecule has 0 aliphatic heterocycles. The van der Waals surface area contributed by atoms with E-state index in [1.165, 1.54) is 0 Å². The van der Waals surface area contributed by atoms with E-state index in [-0.39, 0.29) is 23.4 Å². The van der Waals surface area contributed by atoms with E-state index in [0.29, 0.717) is 6.61 Å². The average molecular weight is 149 g/mol. The van der Waals surface area contributed by atoms with Crippen molar-refractivity contribution in [1.29, 1.82) is 0 Å². The third kappa shape index (κ3) is 10.7. The third-order valence-electron chi connectivity index (χ3n) is 0.507. The number of aliphatic hydroxyl groups excluding tert-OH is 1. The number of hydrogen-bond acceptors (Lipinski definition) is 2. The standard InChI is InChI=1S/C4H10O2.Co/c1-6-4-2-3-5;/h5H,2-4H2,1H3;. The molecule has 0 spiro atoms. The van der Waals surface area contributed by atoms with Gasteiger partial charge in [-0.05, 0) is 6.42 Å². The first kappa shape index (κ1) is 10.4. The summed E-state index contributed by atoms with van der Waals surface area (Å²) < 4.78 is 4.62. The first-order chi connectivity index (χ1) is 2.91. The van der Waals surface area contributed by atoms with Crippen LogP contribution in [0, 0.1) is 0 Å². The van der Waals surface area contributed by atoms with Crippen LogP contribution in [0.1, 0.15) is 6.42 Å². The van der Waals surface area contributed by atoms with Crippen molar-refractivity contribution in [2.45, 2.75) is 6.42 Å². The maximum absolute atomic E-state index is 8.12. The summed E-state index contributed by atoms with van der Waals surface area (Å²) >= 11 is 0. The van der Waals surface area contributed by atoms with Crippen molar-refractivity contribution in [3.8, 4) is 0 Å². The molecule has 0 aliphatic carbocycles. The Bertz CT molecular complexity index is 21.7. The molecule has 3 heteroatoms. The second-order valence-corrected chi connectivity index (χ2v) is 1.07. The molecule has 0 fully saturated rings. The largest absolute Gasteiger partial charge is 0.396 e. The molecule has 0 unspecified atom stereocenters. The quantitative estimate of drug-likeness (QED) is 0.573. The van der Waals surface area contributed by atoms with E-state index in [1.54, 1.807) is 7.11 Å². The van der Waals surface area contributed by atoms with Gasteiger partial charge in [0, 0.05) is 37.1 Å². The third-order valence-corrected chi connectivity index (χ3v) is 0.507. The molecule has 1 N–H and O–H groups in total. The topological polar surface area (TPSA) is 29.5 Å². The van der Waals surface area contributed by atoms with Gasteiger partial charge in [0.1, 0.15) is 0 Å². The van der Waals surface area contributed by atoms with E-state index in [2.05, 4.69) is 4.74 Å². The Hall–Kier alpha value is 0.426. The number of rotatable bonds is 3. The summed E-state index contributed by atoms with van der Waals surface area (Å²) in [5.41, 5.74) is 0. The maximum Gasteiger partial charge on any atom is 0.0484 e. The van der Waals surface area contributed by atoms with Crippen molar-refractivity contribution >= 4 is 0 Å². The Kier molecular flexibility index (Phi) is 14.4. The molecule has 1 radical (unpaired) electrons. The van der Waals surface area contributed by atoms with Crippen LogP contribution in [-0.4, -0.2) is 25.4 Å². The molecule has 0 aromatic heterocycles. The summed E-state index contributed by atoms with van der Waals surface area (Å²) in [6.45, 7) is 0.893. The monoisotopic (exact) mass is 149 g/mol. The number of hydrogen-bond donors (Lipinski definition) is 1. The van der Waals surface area contributed by atoms with Gasteiger partial charge in [0.05, 0.1) is 0 Å². The maximum atomic E-state index is 8.12. The van der Waals surface area contributed by atoms with Gasteiger partial charge in [0.15, 0.2) is 0 Å². The van der Waals surface area contributed by atoms with Gasteiger partial charge in [-0.3, -0.25) is 0 Å². The van der Waals surface area contributed by atoms with E-state index >= 15 is 0 Å². The van der Waals surface area contributed by atoms with Gasteiger partial charge in [-0.15, -0.1) is 0 Å². The number of aliphatic hydroxyl groups is 1.